The van der Waals surface area contributed by atoms with E-state index in [2.05, 4.69) is 16.3 Å². The summed E-state index contributed by atoms with van der Waals surface area (Å²) in [5.74, 6) is 1.06. The fourth-order valence-electron chi connectivity index (χ4n) is 4.74. The summed E-state index contributed by atoms with van der Waals surface area (Å²) in [5.41, 5.74) is 4.80. The molecule has 2 aromatic rings. The number of ether oxygens (including phenoxy) is 3. The molecule has 0 radical (unpaired) electrons. The number of benzene rings is 2. The first-order chi connectivity index (χ1) is 17.1. The zero-order chi connectivity index (χ0) is 24.6. The molecule has 0 aromatic heterocycles. The molecule has 4 rings (SSSR count). The van der Waals surface area contributed by atoms with Crippen molar-refractivity contribution >= 4 is 23.1 Å². The Hall–Kier alpha value is -3.06. The molecule has 0 spiro atoms. The standard InChI is InChI=1S/C28H36N2O5/c1-3-34-26-19-24(30-13-15-33-16-14-30)27(35-4-2)18-23(26)29-28(32)12-11-25(31)22-10-9-20-7-5-6-8-21(20)17-22/h9-10,17-19H,3-8,11-16H2,1-2H3,(H,29,32). The number of nitrogens with zero attached hydrogens (tertiary/aromatic N) is 1. The van der Waals surface area contributed by atoms with Gasteiger partial charge in [0, 0.05) is 43.6 Å². The van der Waals surface area contributed by atoms with Gasteiger partial charge in [-0.3, -0.25) is 9.59 Å². The number of Topliss-reactive ketones (excluding diaryl/α,β-unsaturated/α-hetero) is 1. The molecular formula is C28H36N2O5. The van der Waals surface area contributed by atoms with Gasteiger partial charge in [-0.05, 0) is 56.7 Å². The maximum Gasteiger partial charge on any atom is 0.224 e. The molecule has 1 saturated heterocycles. The predicted molar refractivity (Wildman–Crippen MR) is 137 cm³/mol. The summed E-state index contributed by atoms with van der Waals surface area (Å²) < 4.78 is 17.2. The predicted octanol–water partition coefficient (Wildman–Crippen LogP) is 4.80. The number of hydrogen-bond donors (Lipinski definition) is 1. The number of aryl methyl sites for hydroxylation is 2. The average Bonchev–Trinajstić information content (AvgIpc) is 2.89. The summed E-state index contributed by atoms with van der Waals surface area (Å²) >= 11 is 0. The van der Waals surface area contributed by atoms with Crippen LogP contribution in [0.2, 0.25) is 0 Å². The number of amides is 1. The largest absolute Gasteiger partial charge is 0.492 e. The highest BCUT2D eigenvalue weighted by Crippen LogP contribution is 2.39. The highest BCUT2D eigenvalue weighted by Gasteiger charge is 2.21. The zero-order valence-electron chi connectivity index (χ0n) is 20.9. The van der Waals surface area contributed by atoms with Crippen LogP contribution in [0.4, 0.5) is 11.4 Å². The lowest BCUT2D eigenvalue weighted by Gasteiger charge is -2.31. The van der Waals surface area contributed by atoms with Crippen molar-refractivity contribution in [3.05, 3.63) is 47.0 Å². The van der Waals surface area contributed by atoms with Crippen LogP contribution in [0.25, 0.3) is 0 Å². The van der Waals surface area contributed by atoms with Crippen molar-refractivity contribution < 1.29 is 23.8 Å². The number of ketones is 1. The SMILES string of the molecule is CCOc1cc(N2CCOCC2)c(OCC)cc1NC(=O)CCC(=O)c1ccc2c(c1)CCCC2. The van der Waals surface area contributed by atoms with Crippen molar-refractivity contribution in [1.82, 2.24) is 0 Å². The Balaban J connectivity index is 1.44. The lowest BCUT2D eigenvalue weighted by molar-refractivity contribution is -0.116. The lowest BCUT2D eigenvalue weighted by atomic mass is 9.89. The number of fused-ring (bicyclic) bond motifs is 1. The van der Waals surface area contributed by atoms with E-state index in [9.17, 15) is 9.59 Å². The van der Waals surface area contributed by atoms with Crippen LogP contribution in [0.3, 0.4) is 0 Å². The van der Waals surface area contributed by atoms with E-state index in [0.29, 0.717) is 49.2 Å². The van der Waals surface area contributed by atoms with Crippen LogP contribution in [-0.2, 0) is 22.4 Å². The minimum atomic E-state index is -0.223. The summed E-state index contributed by atoms with van der Waals surface area (Å²) in [7, 11) is 0. The normalized spacial score (nSPS) is 15.3. The highest BCUT2D eigenvalue weighted by molar-refractivity contribution is 6.00. The average molecular weight is 481 g/mol. The Morgan fingerprint density at radius 2 is 1.63 bits per heavy atom. The highest BCUT2D eigenvalue weighted by atomic mass is 16.5. The van der Waals surface area contributed by atoms with Crippen molar-refractivity contribution in [2.75, 3.05) is 49.7 Å². The Kier molecular flexibility index (Phi) is 8.64. The third kappa shape index (κ3) is 6.34. The number of morpholine rings is 1. The fraction of sp³-hybridized carbons (Fsp3) is 0.500. The van der Waals surface area contributed by atoms with Gasteiger partial charge < -0.3 is 24.4 Å². The van der Waals surface area contributed by atoms with E-state index >= 15 is 0 Å². The first-order valence-electron chi connectivity index (χ1n) is 12.8. The van der Waals surface area contributed by atoms with Gasteiger partial charge in [-0.15, -0.1) is 0 Å². The van der Waals surface area contributed by atoms with Crippen LogP contribution < -0.4 is 19.7 Å². The summed E-state index contributed by atoms with van der Waals surface area (Å²) in [6.45, 7) is 7.67. The van der Waals surface area contributed by atoms with Gasteiger partial charge in [0.05, 0.1) is 37.8 Å². The number of hydrogen-bond acceptors (Lipinski definition) is 6. The Morgan fingerprint density at radius 1 is 0.914 bits per heavy atom. The first-order valence-corrected chi connectivity index (χ1v) is 12.8. The second-order valence-corrected chi connectivity index (χ2v) is 8.94. The number of anilines is 2. The second kappa shape index (κ2) is 12.1. The summed E-state index contributed by atoms with van der Waals surface area (Å²) in [5, 5.41) is 2.94. The fourth-order valence-corrected chi connectivity index (χ4v) is 4.74. The van der Waals surface area contributed by atoms with Crippen LogP contribution >= 0.6 is 0 Å². The minimum Gasteiger partial charge on any atom is -0.492 e. The number of rotatable bonds is 10. The van der Waals surface area contributed by atoms with Gasteiger partial charge in [-0.1, -0.05) is 12.1 Å². The summed E-state index contributed by atoms with van der Waals surface area (Å²) in [4.78, 5) is 27.8. The molecule has 35 heavy (non-hydrogen) atoms. The molecule has 2 aromatic carbocycles. The van der Waals surface area contributed by atoms with Crippen LogP contribution in [0, 0.1) is 0 Å². The van der Waals surface area contributed by atoms with Gasteiger partial charge in [0.2, 0.25) is 5.91 Å². The molecule has 188 valence electrons. The maximum absolute atomic E-state index is 12.8. The zero-order valence-corrected chi connectivity index (χ0v) is 20.9. The maximum atomic E-state index is 12.8. The van der Waals surface area contributed by atoms with Gasteiger partial charge in [-0.25, -0.2) is 0 Å². The topological polar surface area (TPSA) is 77.1 Å². The third-order valence-electron chi connectivity index (χ3n) is 6.54. The van der Waals surface area contributed by atoms with Crippen molar-refractivity contribution in [2.45, 2.75) is 52.4 Å². The minimum absolute atomic E-state index is 0.00349. The smallest absolute Gasteiger partial charge is 0.224 e. The molecule has 7 heteroatoms. The second-order valence-electron chi connectivity index (χ2n) is 8.94. The number of carbonyl (C=O) groups excluding carboxylic acids is 2. The monoisotopic (exact) mass is 480 g/mol. The molecule has 0 atom stereocenters. The molecule has 7 nitrogen and oxygen atoms in total. The molecule has 2 aliphatic rings. The van der Waals surface area contributed by atoms with Crippen molar-refractivity contribution in [3.8, 4) is 11.5 Å². The Labute approximate surface area is 207 Å². The molecule has 1 amide bonds. The summed E-state index contributed by atoms with van der Waals surface area (Å²) in [6, 6.07) is 9.73. The van der Waals surface area contributed by atoms with E-state index in [1.54, 1.807) is 0 Å². The first kappa shape index (κ1) is 25.0. The van der Waals surface area contributed by atoms with Crippen LogP contribution in [0.15, 0.2) is 30.3 Å². The molecule has 0 bridgehead atoms. The molecule has 1 aliphatic carbocycles. The van der Waals surface area contributed by atoms with Gasteiger partial charge in [0.1, 0.15) is 11.5 Å². The van der Waals surface area contributed by atoms with E-state index in [0.717, 1.165) is 31.6 Å². The van der Waals surface area contributed by atoms with Crippen molar-refractivity contribution in [1.29, 1.82) is 0 Å². The van der Waals surface area contributed by atoms with Gasteiger partial charge in [0.25, 0.3) is 0 Å². The van der Waals surface area contributed by atoms with Gasteiger partial charge >= 0.3 is 0 Å². The number of nitrogens with one attached hydrogen (secondary N) is 1. The van der Waals surface area contributed by atoms with E-state index < -0.39 is 0 Å². The van der Waals surface area contributed by atoms with E-state index in [1.807, 2.05) is 38.1 Å². The Bertz CT molecular complexity index is 1050. The van der Waals surface area contributed by atoms with E-state index in [-0.39, 0.29) is 24.5 Å². The molecular weight excluding hydrogens is 444 g/mol. The number of carbonyl (C=O) groups is 2. The molecule has 1 N–H and O–H groups in total. The van der Waals surface area contributed by atoms with Crippen molar-refractivity contribution in [3.63, 3.8) is 0 Å². The summed E-state index contributed by atoms with van der Waals surface area (Å²) in [6.07, 6.45) is 4.77. The molecule has 1 aliphatic heterocycles. The third-order valence-corrected chi connectivity index (χ3v) is 6.54. The molecule has 0 unspecified atom stereocenters. The van der Waals surface area contributed by atoms with Crippen molar-refractivity contribution in [2.24, 2.45) is 0 Å². The van der Waals surface area contributed by atoms with Gasteiger partial charge in [-0.2, -0.15) is 0 Å². The Morgan fingerprint density at radius 3 is 2.37 bits per heavy atom. The van der Waals surface area contributed by atoms with Crippen LogP contribution in [-0.4, -0.2) is 51.2 Å². The van der Waals surface area contributed by atoms with Crippen LogP contribution in [0.1, 0.15) is 61.0 Å². The van der Waals surface area contributed by atoms with Crippen LogP contribution in [0.5, 0.6) is 11.5 Å². The van der Waals surface area contributed by atoms with E-state index in [4.69, 9.17) is 14.2 Å². The lowest BCUT2D eigenvalue weighted by Crippen LogP contribution is -2.36. The van der Waals surface area contributed by atoms with E-state index in [1.165, 1.54) is 24.0 Å². The molecule has 1 fully saturated rings. The molecule has 0 saturated carbocycles. The molecule has 1 heterocycles. The quantitative estimate of drug-likeness (QED) is 0.492. The van der Waals surface area contributed by atoms with Gasteiger partial charge in [0.15, 0.2) is 5.78 Å².